The molecule has 5 heteroatoms. The van der Waals surface area contributed by atoms with Gasteiger partial charge in [0, 0.05) is 11.8 Å². The summed E-state index contributed by atoms with van der Waals surface area (Å²) in [5, 5.41) is 9.51. The second kappa shape index (κ2) is 6.04. The highest BCUT2D eigenvalue weighted by Crippen LogP contribution is 2.16. The van der Waals surface area contributed by atoms with Gasteiger partial charge < -0.3 is 10.1 Å². The summed E-state index contributed by atoms with van der Waals surface area (Å²) in [5.41, 5.74) is 1.98. The number of hydrogen-bond acceptors (Lipinski definition) is 3. The quantitative estimate of drug-likeness (QED) is 0.865. The van der Waals surface area contributed by atoms with E-state index in [1.54, 1.807) is 0 Å². The lowest BCUT2D eigenvalue weighted by molar-refractivity contribution is -0.118. The number of carbonyl (C=O) groups is 1. The van der Waals surface area contributed by atoms with Gasteiger partial charge in [-0.2, -0.15) is 5.10 Å². The summed E-state index contributed by atoms with van der Waals surface area (Å²) < 4.78 is 5.45. The summed E-state index contributed by atoms with van der Waals surface area (Å²) in [6, 6.07) is 9.40. The van der Waals surface area contributed by atoms with Gasteiger partial charge in [-0.1, -0.05) is 25.1 Å². The minimum Gasteiger partial charge on any atom is -0.483 e. The van der Waals surface area contributed by atoms with Crippen LogP contribution in [-0.4, -0.2) is 22.7 Å². The zero-order chi connectivity index (χ0) is 13.7. The standard InChI is InChI=1S/C14H17N3O2/c1-3-11-8-13(17-16-11)15-14(18)9-19-12-7-5-4-6-10(12)2/h4-8H,3,9H2,1-2H3,(H2,15,16,17,18). The van der Waals surface area contributed by atoms with Gasteiger partial charge in [-0.05, 0) is 25.0 Å². The van der Waals surface area contributed by atoms with Crippen LogP contribution in [0.4, 0.5) is 5.82 Å². The third kappa shape index (κ3) is 3.58. The monoisotopic (exact) mass is 259 g/mol. The van der Waals surface area contributed by atoms with Gasteiger partial charge in [0.15, 0.2) is 12.4 Å². The van der Waals surface area contributed by atoms with Gasteiger partial charge >= 0.3 is 0 Å². The van der Waals surface area contributed by atoms with Crippen molar-refractivity contribution in [2.24, 2.45) is 0 Å². The molecule has 0 aliphatic rings. The third-order valence-corrected chi connectivity index (χ3v) is 2.73. The fraction of sp³-hybridized carbons (Fsp3) is 0.286. The molecule has 0 radical (unpaired) electrons. The summed E-state index contributed by atoms with van der Waals surface area (Å²) >= 11 is 0. The molecule has 1 heterocycles. The first-order valence-corrected chi connectivity index (χ1v) is 6.21. The van der Waals surface area contributed by atoms with Gasteiger partial charge in [0.2, 0.25) is 0 Å². The largest absolute Gasteiger partial charge is 0.483 e. The fourth-order valence-corrected chi connectivity index (χ4v) is 1.65. The van der Waals surface area contributed by atoms with E-state index in [2.05, 4.69) is 15.5 Å². The van der Waals surface area contributed by atoms with Gasteiger partial charge in [-0.15, -0.1) is 0 Å². The highest BCUT2D eigenvalue weighted by Gasteiger charge is 2.07. The zero-order valence-corrected chi connectivity index (χ0v) is 11.1. The molecule has 1 aromatic heterocycles. The van der Waals surface area contributed by atoms with E-state index in [1.807, 2.05) is 44.2 Å². The fourth-order valence-electron chi connectivity index (χ4n) is 1.65. The first-order valence-electron chi connectivity index (χ1n) is 6.21. The maximum atomic E-state index is 11.7. The molecule has 0 fully saturated rings. The van der Waals surface area contributed by atoms with Crippen molar-refractivity contribution in [3.05, 3.63) is 41.6 Å². The molecule has 2 N–H and O–H groups in total. The number of para-hydroxylation sites is 1. The molecule has 1 amide bonds. The van der Waals surface area contributed by atoms with E-state index in [4.69, 9.17) is 4.74 Å². The van der Waals surface area contributed by atoms with E-state index in [0.717, 1.165) is 17.7 Å². The number of aromatic nitrogens is 2. The molecule has 0 atom stereocenters. The number of amides is 1. The summed E-state index contributed by atoms with van der Waals surface area (Å²) in [7, 11) is 0. The number of H-pyrrole nitrogens is 1. The molecule has 2 aromatic rings. The number of aryl methyl sites for hydroxylation is 2. The van der Waals surface area contributed by atoms with E-state index < -0.39 is 0 Å². The van der Waals surface area contributed by atoms with E-state index >= 15 is 0 Å². The van der Waals surface area contributed by atoms with Crippen molar-refractivity contribution in [2.75, 3.05) is 11.9 Å². The predicted molar refractivity (Wildman–Crippen MR) is 73.3 cm³/mol. The average molecular weight is 259 g/mol. The Morgan fingerprint density at radius 3 is 2.89 bits per heavy atom. The second-order valence-corrected chi connectivity index (χ2v) is 4.23. The van der Waals surface area contributed by atoms with E-state index in [9.17, 15) is 4.79 Å². The maximum absolute atomic E-state index is 11.7. The lowest BCUT2D eigenvalue weighted by atomic mass is 10.2. The molecule has 5 nitrogen and oxygen atoms in total. The van der Waals surface area contributed by atoms with Gasteiger partial charge in [0.25, 0.3) is 5.91 Å². The predicted octanol–water partition coefficient (Wildman–Crippen LogP) is 2.30. The Labute approximate surface area is 112 Å². The van der Waals surface area contributed by atoms with Crippen LogP contribution in [0.15, 0.2) is 30.3 Å². The van der Waals surface area contributed by atoms with E-state index in [1.165, 1.54) is 0 Å². The van der Waals surface area contributed by atoms with Crippen LogP contribution in [0.5, 0.6) is 5.75 Å². The van der Waals surface area contributed by atoms with Crippen LogP contribution in [-0.2, 0) is 11.2 Å². The Hall–Kier alpha value is -2.30. The van der Waals surface area contributed by atoms with Crippen LogP contribution >= 0.6 is 0 Å². The molecule has 0 spiro atoms. The van der Waals surface area contributed by atoms with Crippen LogP contribution in [0, 0.1) is 6.92 Å². The van der Waals surface area contributed by atoms with Crippen molar-refractivity contribution in [3.8, 4) is 5.75 Å². The number of hydrogen-bond donors (Lipinski definition) is 2. The number of rotatable bonds is 5. The van der Waals surface area contributed by atoms with Crippen LogP contribution in [0.3, 0.4) is 0 Å². The molecule has 100 valence electrons. The SMILES string of the molecule is CCc1cc(NC(=O)COc2ccccc2C)n[nH]1. The number of nitrogens with one attached hydrogen (secondary N) is 2. The van der Waals surface area contributed by atoms with Gasteiger partial charge in [0.05, 0.1) is 0 Å². The normalized spacial score (nSPS) is 10.2. The number of anilines is 1. The first kappa shape index (κ1) is 13.1. The molecule has 0 unspecified atom stereocenters. The van der Waals surface area contributed by atoms with Crippen molar-refractivity contribution in [2.45, 2.75) is 20.3 Å². The Morgan fingerprint density at radius 1 is 1.42 bits per heavy atom. The smallest absolute Gasteiger partial charge is 0.263 e. The molecule has 2 rings (SSSR count). The highest BCUT2D eigenvalue weighted by atomic mass is 16.5. The maximum Gasteiger partial charge on any atom is 0.263 e. The first-order chi connectivity index (χ1) is 9.19. The van der Waals surface area contributed by atoms with Crippen molar-refractivity contribution in [3.63, 3.8) is 0 Å². The van der Waals surface area contributed by atoms with Crippen LogP contribution in [0.25, 0.3) is 0 Å². The summed E-state index contributed by atoms with van der Waals surface area (Å²) in [6.45, 7) is 3.92. The minimum absolute atomic E-state index is 0.0286. The third-order valence-electron chi connectivity index (χ3n) is 2.73. The highest BCUT2D eigenvalue weighted by molar-refractivity contribution is 5.90. The van der Waals surface area contributed by atoms with E-state index in [-0.39, 0.29) is 12.5 Å². The zero-order valence-electron chi connectivity index (χ0n) is 11.1. The van der Waals surface area contributed by atoms with Gasteiger partial charge in [0.1, 0.15) is 5.75 Å². The summed E-state index contributed by atoms with van der Waals surface area (Å²) in [4.78, 5) is 11.7. The van der Waals surface area contributed by atoms with Crippen LogP contribution in [0.1, 0.15) is 18.2 Å². The molecular formula is C14H17N3O2. The molecule has 0 bridgehead atoms. The lowest BCUT2D eigenvalue weighted by Gasteiger charge is -2.07. The Bertz CT molecular complexity index is 563. The topological polar surface area (TPSA) is 67.0 Å². The molecule has 0 aliphatic carbocycles. The number of aromatic amines is 1. The van der Waals surface area contributed by atoms with Crippen LogP contribution in [0.2, 0.25) is 0 Å². The van der Waals surface area contributed by atoms with Crippen LogP contribution < -0.4 is 10.1 Å². The number of carbonyl (C=O) groups excluding carboxylic acids is 1. The van der Waals surface area contributed by atoms with Crippen molar-refractivity contribution < 1.29 is 9.53 Å². The van der Waals surface area contributed by atoms with Crippen molar-refractivity contribution >= 4 is 11.7 Å². The number of nitrogens with zero attached hydrogens (tertiary/aromatic N) is 1. The second-order valence-electron chi connectivity index (χ2n) is 4.23. The molecular weight excluding hydrogens is 242 g/mol. The van der Waals surface area contributed by atoms with Crippen molar-refractivity contribution in [1.29, 1.82) is 0 Å². The van der Waals surface area contributed by atoms with Crippen molar-refractivity contribution in [1.82, 2.24) is 10.2 Å². The molecule has 0 saturated carbocycles. The molecule has 19 heavy (non-hydrogen) atoms. The van der Waals surface area contributed by atoms with Gasteiger partial charge in [-0.25, -0.2) is 0 Å². The molecule has 0 saturated heterocycles. The Balaban J connectivity index is 1.86. The van der Waals surface area contributed by atoms with Gasteiger partial charge in [-0.3, -0.25) is 9.89 Å². The average Bonchev–Trinajstić information content (AvgIpc) is 2.85. The Kier molecular flexibility index (Phi) is 4.18. The molecule has 0 aliphatic heterocycles. The summed E-state index contributed by atoms with van der Waals surface area (Å²) in [6.07, 6.45) is 0.850. The number of benzene rings is 1. The molecule has 1 aromatic carbocycles. The summed E-state index contributed by atoms with van der Waals surface area (Å²) in [5.74, 6) is 1.02. The minimum atomic E-state index is -0.225. The number of ether oxygens (including phenoxy) is 1. The lowest BCUT2D eigenvalue weighted by Crippen LogP contribution is -2.20. The van der Waals surface area contributed by atoms with E-state index in [0.29, 0.717) is 11.6 Å². The Morgan fingerprint density at radius 2 is 2.21 bits per heavy atom.